The minimum atomic E-state index is -0.476. The van der Waals surface area contributed by atoms with Crippen molar-refractivity contribution in [2.24, 2.45) is 0 Å². The van der Waals surface area contributed by atoms with E-state index in [0.717, 1.165) is 4.90 Å². The monoisotopic (exact) mass is 484 g/mol. The maximum absolute atomic E-state index is 13.0. The number of carbonyl (C=O) groups is 3. The first kappa shape index (κ1) is 22.1. The van der Waals surface area contributed by atoms with E-state index < -0.39 is 22.6 Å². The number of hydrogen-bond donors (Lipinski definition) is 1. The fourth-order valence-electron chi connectivity index (χ4n) is 3.81. The molecule has 0 fully saturated rings. The molecule has 1 aromatic heterocycles. The second-order valence-electron chi connectivity index (χ2n) is 7.70. The minimum absolute atomic E-state index is 0.0211. The van der Waals surface area contributed by atoms with Crippen LogP contribution >= 0.6 is 11.3 Å². The van der Waals surface area contributed by atoms with Gasteiger partial charge in [-0.3, -0.25) is 34.7 Å². The predicted molar refractivity (Wildman–Crippen MR) is 129 cm³/mol. The van der Waals surface area contributed by atoms with Crippen molar-refractivity contribution in [1.82, 2.24) is 9.88 Å². The van der Waals surface area contributed by atoms with E-state index in [-0.39, 0.29) is 12.2 Å². The van der Waals surface area contributed by atoms with Crippen molar-refractivity contribution < 1.29 is 19.3 Å². The van der Waals surface area contributed by atoms with Crippen LogP contribution in [0.5, 0.6) is 0 Å². The van der Waals surface area contributed by atoms with Crippen LogP contribution in [-0.4, -0.2) is 32.5 Å². The summed E-state index contributed by atoms with van der Waals surface area (Å²) in [5.41, 5.74) is 2.76. The summed E-state index contributed by atoms with van der Waals surface area (Å²) in [4.78, 5) is 54.4. The van der Waals surface area contributed by atoms with Gasteiger partial charge >= 0.3 is 0 Å². The number of thiazole rings is 1. The Morgan fingerprint density at radius 2 is 1.57 bits per heavy atom. The van der Waals surface area contributed by atoms with Crippen molar-refractivity contribution in [2.45, 2.75) is 6.54 Å². The van der Waals surface area contributed by atoms with Crippen LogP contribution in [0.15, 0.2) is 78.2 Å². The Morgan fingerprint density at radius 1 is 0.943 bits per heavy atom. The number of nitro groups is 1. The average Bonchev–Trinajstić information content (AvgIpc) is 3.43. The number of benzene rings is 3. The van der Waals surface area contributed by atoms with Gasteiger partial charge in [0.1, 0.15) is 0 Å². The maximum Gasteiger partial charge on any atom is 0.269 e. The number of rotatable bonds is 6. The molecule has 1 N–H and O–H groups in total. The number of amides is 3. The Morgan fingerprint density at radius 3 is 2.23 bits per heavy atom. The zero-order chi connectivity index (χ0) is 24.5. The second-order valence-corrected chi connectivity index (χ2v) is 8.55. The molecule has 0 bridgehead atoms. The molecular formula is C25H16N4O5S. The van der Waals surface area contributed by atoms with Gasteiger partial charge in [0, 0.05) is 28.6 Å². The molecule has 1 aliphatic rings. The number of anilines is 1. The van der Waals surface area contributed by atoms with Crippen molar-refractivity contribution in [1.29, 1.82) is 0 Å². The number of fused-ring (bicyclic) bond motifs is 1. The average molecular weight is 484 g/mol. The predicted octanol–water partition coefficient (Wildman–Crippen LogP) is 4.77. The maximum atomic E-state index is 13.0. The first-order valence-electron chi connectivity index (χ1n) is 10.5. The molecule has 5 rings (SSSR count). The smallest absolute Gasteiger partial charge is 0.269 e. The minimum Gasteiger partial charge on any atom is -0.298 e. The lowest BCUT2D eigenvalue weighted by Gasteiger charge is -2.16. The SMILES string of the molecule is O=C(Nc1nc(-c2ccc([N+](=O)[O-])cc2)cs1)c1ccccc1CN1C(=O)c2ccccc2C1=O. The molecule has 0 atom stereocenters. The molecule has 35 heavy (non-hydrogen) atoms. The third-order valence-electron chi connectivity index (χ3n) is 5.57. The topological polar surface area (TPSA) is 123 Å². The Kier molecular flexibility index (Phi) is 5.63. The summed E-state index contributed by atoms with van der Waals surface area (Å²) in [5, 5.41) is 15.7. The van der Waals surface area contributed by atoms with E-state index in [1.807, 2.05) is 0 Å². The number of nitrogens with zero attached hydrogens (tertiary/aromatic N) is 3. The van der Waals surface area contributed by atoms with Crippen LogP contribution in [0.2, 0.25) is 0 Å². The molecule has 0 saturated carbocycles. The zero-order valence-electron chi connectivity index (χ0n) is 18.0. The lowest BCUT2D eigenvalue weighted by atomic mass is 10.1. The molecule has 9 nitrogen and oxygen atoms in total. The molecular weight excluding hydrogens is 468 g/mol. The van der Waals surface area contributed by atoms with E-state index in [0.29, 0.717) is 38.6 Å². The van der Waals surface area contributed by atoms with Crippen LogP contribution in [0.1, 0.15) is 36.6 Å². The lowest BCUT2D eigenvalue weighted by molar-refractivity contribution is -0.384. The van der Waals surface area contributed by atoms with Crippen LogP contribution in [0, 0.1) is 10.1 Å². The normalized spacial score (nSPS) is 12.5. The highest BCUT2D eigenvalue weighted by molar-refractivity contribution is 7.14. The van der Waals surface area contributed by atoms with Gasteiger partial charge in [-0.25, -0.2) is 4.98 Å². The van der Waals surface area contributed by atoms with E-state index in [2.05, 4.69) is 10.3 Å². The van der Waals surface area contributed by atoms with Gasteiger partial charge in [0.05, 0.1) is 28.3 Å². The van der Waals surface area contributed by atoms with E-state index >= 15 is 0 Å². The summed E-state index contributed by atoms with van der Waals surface area (Å²) in [6, 6.07) is 19.3. The van der Waals surface area contributed by atoms with E-state index in [9.17, 15) is 24.5 Å². The number of aromatic nitrogens is 1. The molecule has 0 spiro atoms. The molecule has 0 unspecified atom stereocenters. The standard InChI is InChI=1S/C25H16N4O5S/c30-22(27-25-26-21(14-35-25)15-9-11-17(12-10-15)29(33)34)18-6-2-1-5-16(18)13-28-23(31)19-7-3-4-8-20(19)24(28)32/h1-12,14H,13H2,(H,26,27,30). The summed E-state index contributed by atoms with van der Waals surface area (Å²) >= 11 is 1.21. The lowest BCUT2D eigenvalue weighted by Crippen LogP contribution is -2.30. The second kappa shape index (κ2) is 8.92. The fourth-order valence-corrected chi connectivity index (χ4v) is 4.53. The fraction of sp³-hybridized carbons (Fsp3) is 0.0400. The first-order chi connectivity index (χ1) is 16.9. The van der Waals surface area contributed by atoms with E-state index in [1.165, 1.54) is 23.5 Å². The number of nitro benzene ring substituents is 1. The molecule has 1 aliphatic heterocycles. The Bertz CT molecular complexity index is 1460. The van der Waals surface area contributed by atoms with Crippen LogP contribution in [0.4, 0.5) is 10.8 Å². The third-order valence-corrected chi connectivity index (χ3v) is 6.32. The third kappa shape index (κ3) is 4.18. The molecule has 172 valence electrons. The number of imide groups is 1. The summed E-state index contributed by atoms with van der Waals surface area (Å²) in [5.74, 6) is -1.22. The summed E-state index contributed by atoms with van der Waals surface area (Å²) < 4.78 is 0. The highest BCUT2D eigenvalue weighted by Gasteiger charge is 2.35. The van der Waals surface area contributed by atoms with Crippen molar-refractivity contribution in [3.8, 4) is 11.3 Å². The van der Waals surface area contributed by atoms with Gasteiger partial charge in [-0.15, -0.1) is 11.3 Å². The van der Waals surface area contributed by atoms with Crippen molar-refractivity contribution >= 4 is 39.9 Å². The Labute approximate surface area is 202 Å². The van der Waals surface area contributed by atoms with Gasteiger partial charge in [0.25, 0.3) is 23.4 Å². The molecule has 3 aromatic carbocycles. The van der Waals surface area contributed by atoms with Gasteiger partial charge in [0.15, 0.2) is 5.13 Å². The summed E-state index contributed by atoms with van der Waals surface area (Å²) in [6.07, 6.45) is 0. The van der Waals surface area contributed by atoms with Crippen molar-refractivity contribution in [2.75, 3.05) is 5.32 Å². The number of carbonyl (C=O) groups excluding carboxylic acids is 3. The van der Waals surface area contributed by atoms with E-state index in [1.54, 1.807) is 66.0 Å². The van der Waals surface area contributed by atoms with Gasteiger partial charge in [-0.05, 0) is 35.9 Å². The van der Waals surface area contributed by atoms with Crippen LogP contribution in [0.3, 0.4) is 0 Å². The van der Waals surface area contributed by atoms with Crippen LogP contribution < -0.4 is 5.32 Å². The van der Waals surface area contributed by atoms with Gasteiger partial charge in [-0.2, -0.15) is 0 Å². The largest absolute Gasteiger partial charge is 0.298 e. The highest BCUT2D eigenvalue weighted by atomic mass is 32.1. The zero-order valence-corrected chi connectivity index (χ0v) is 18.8. The molecule has 0 saturated heterocycles. The molecule has 0 radical (unpaired) electrons. The molecule has 4 aromatic rings. The number of non-ortho nitro benzene ring substituents is 1. The van der Waals surface area contributed by atoms with Crippen molar-refractivity contribution in [3.05, 3.63) is 111 Å². The quantitative estimate of drug-likeness (QED) is 0.239. The Hall–Kier alpha value is -4.70. The van der Waals surface area contributed by atoms with Gasteiger partial charge < -0.3 is 0 Å². The van der Waals surface area contributed by atoms with Crippen LogP contribution in [0.25, 0.3) is 11.3 Å². The summed E-state index contributed by atoms with van der Waals surface area (Å²) in [6.45, 7) is -0.0398. The molecule has 3 amide bonds. The highest BCUT2D eigenvalue weighted by Crippen LogP contribution is 2.28. The molecule has 0 aliphatic carbocycles. The molecule has 2 heterocycles. The van der Waals surface area contributed by atoms with Crippen molar-refractivity contribution in [3.63, 3.8) is 0 Å². The first-order valence-corrected chi connectivity index (χ1v) is 11.3. The number of hydrogen-bond acceptors (Lipinski definition) is 7. The Balaban J connectivity index is 1.33. The van der Waals surface area contributed by atoms with Gasteiger partial charge in [-0.1, -0.05) is 30.3 Å². The summed E-state index contributed by atoms with van der Waals surface area (Å²) in [7, 11) is 0. The van der Waals surface area contributed by atoms with E-state index in [4.69, 9.17) is 0 Å². The molecule has 10 heteroatoms. The van der Waals surface area contributed by atoms with Crippen LogP contribution in [-0.2, 0) is 6.54 Å². The van der Waals surface area contributed by atoms with Gasteiger partial charge in [0.2, 0.25) is 0 Å². The number of nitrogens with one attached hydrogen (secondary N) is 1.